The molecule has 2 fully saturated rings. The van der Waals surface area contributed by atoms with Crippen LogP contribution in [-0.4, -0.2) is 15.2 Å². The summed E-state index contributed by atoms with van der Waals surface area (Å²) in [6, 6.07) is 0. The molecule has 2 aliphatic rings. The van der Waals surface area contributed by atoms with Gasteiger partial charge in [0.15, 0.2) is 5.82 Å². The van der Waals surface area contributed by atoms with Crippen molar-refractivity contribution in [1.82, 2.24) is 15.2 Å². The third-order valence-corrected chi connectivity index (χ3v) is 4.30. The molecule has 2 aliphatic carbocycles. The molecule has 0 atom stereocenters. The summed E-state index contributed by atoms with van der Waals surface area (Å²) in [5.74, 6) is 3.69. The van der Waals surface area contributed by atoms with Crippen molar-refractivity contribution >= 4 is 0 Å². The SMILES string of the molecule is CC(C)CC1(c2n[nH]c(C3CC3)n2)CCCC1. The van der Waals surface area contributed by atoms with E-state index < -0.39 is 0 Å². The van der Waals surface area contributed by atoms with Crippen LogP contribution in [0.15, 0.2) is 0 Å². The molecular weight excluding hydrogens is 210 g/mol. The smallest absolute Gasteiger partial charge is 0.156 e. The Morgan fingerprint density at radius 2 is 2.00 bits per heavy atom. The molecule has 0 unspecified atom stereocenters. The molecule has 0 bridgehead atoms. The molecule has 3 rings (SSSR count). The summed E-state index contributed by atoms with van der Waals surface area (Å²) in [5, 5.41) is 7.73. The highest BCUT2D eigenvalue weighted by Crippen LogP contribution is 2.45. The van der Waals surface area contributed by atoms with Gasteiger partial charge in [0.25, 0.3) is 0 Å². The molecule has 3 nitrogen and oxygen atoms in total. The van der Waals surface area contributed by atoms with Gasteiger partial charge in [-0.3, -0.25) is 5.10 Å². The van der Waals surface area contributed by atoms with Crippen LogP contribution in [0.3, 0.4) is 0 Å². The number of aromatic nitrogens is 3. The van der Waals surface area contributed by atoms with Crippen LogP contribution in [0.1, 0.15) is 76.4 Å². The Kier molecular flexibility index (Phi) is 2.72. The molecule has 1 aromatic rings. The lowest BCUT2D eigenvalue weighted by Crippen LogP contribution is -2.26. The minimum atomic E-state index is 0.289. The Morgan fingerprint density at radius 1 is 1.29 bits per heavy atom. The third-order valence-electron chi connectivity index (χ3n) is 4.30. The summed E-state index contributed by atoms with van der Waals surface area (Å²) in [7, 11) is 0. The average molecular weight is 233 g/mol. The maximum Gasteiger partial charge on any atom is 0.156 e. The van der Waals surface area contributed by atoms with Gasteiger partial charge in [0, 0.05) is 11.3 Å². The van der Waals surface area contributed by atoms with E-state index in [-0.39, 0.29) is 5.41 Å². The number of rotatable bonds is 4. The highest BCUT2D eigenvalue weighted by Gasteiger charge is 2.40. The van der Waals surface area contributed by atoms with Gasteiger partial charge >= 0.3 is 0 Å². The summed E-state index contributed by atoms with van der Waals surface area (Å²) in [5.41, 5.74) is 0.289. The molecule has 0 amide bonds. The van der Waals surface area contributed by atoms with Crippen molar-refractivity contribution in [3.8, 4) is 0 Å². The van der Waals surface area contributed by atoms with Gasteiger partial charge in [0.05, 0.1) is 0 Å². The van der Waals surface area contributed by atoms with Gasteiger partial charge < -0.3 is 0 Å². The Morgan fingerprint density at radius 3 is 2.59 bits per heavy atom. The number of hydrogen-bond donors (Lipinski definition) is 1. The van der Waals surface area contributed by atoms with Gasteiger partial charge in [-0.25, -0.2) is 4.98 Å². The van der Waals surface area contributed by atoms with Crippen molar-refractivity contribution in [2.75, 3.05) is 0 Å². The normalized spacial score (nSPS) is 23.5. The second-order valence-corrected chi connectivity index (χ2v) is 6.40. The topological polar surface area (TPSA) is 41.6 Å². The Labute approximate surface area is 103 Å². The first-order valence-corrected chi connectivity index (χ1v) is 7.12. The molecule has 94 valence electrons. The predicted molar refractivity (Wildman–Crippen MR) is 68.0 cm³/mol. The Balaban J connectivity index is 1.85. The Bertz CT molecular complexity index is 384. The van der Waals surface area contributed by atoms with Crippen molar-refractivity contribution in [3.63, 3.8) is 0 Å². The molecule has 17 heavy (non-hydrogen) atoms. The Hall–Kier alpha value is -0.860. The van der Waals surface area contributed by atoms with E-state index in [1.807, 2.05) is 0 Å². The second-order valence-electron chi connectivity index (χ2n) is 6.40. The number of nitrogens with one attached hydrogen (secondary N) is 1. The zero-order valence-electron chi connectivity index (χ0n) is 11.0. The maximum absolute atomic E-state index is 4.81. The van der Waals surface area contributed by atoms with Crippen molar-refractivity contribution in [3.05, 3.63) is 11.6 Å². The number of nitrogens with zero attached hydrogens (tertiary/aromatic N) is 2. The van der Waals surface area contributed by atoms with Gasteiger partial charge in [-0.05, 0) is 38.0 Å². The summed E-state index contributed by atoms with van der Waals surface area (Å²) in [6.45, 7) is 4.63. The van der Waals surface area contributed by atoms with Crippen molar-refractivity contribution in [1.29, 1.82) is 0 Å². The van der Waals surface area contributed by atoms with E-state index in [0.717, 1.165) is 17.6 Å². The summed E-state index contributed by atoms with van der Waals surface area (Å²) >= 11 is 0. The van der Waals surface area contributed by atoms with E-state index in [4.69, 9.17) is 4.98 Å². The molecule has 3 heteroatoms. The van der Waals surface area contributed by atoms with Crippen LogP contribution in [0.4, 0.5) is 0 Å². The average Bonchev–Trinajstić information content (AvgIpc) is 2.83. The molecule has 0 radical (unpaired) electrons. The van der Waals surface area contributed by atoms with Gasteiger partial charge in [-0.1, -0.05) is 26.7 Å². The number of H-pyrrole nitrogens is 1. The van der Waals surface area contributed by atoms with Crippen LogP contribution < -0.4 is 0 Å². The van der Waals surface area contributed by atoms with Gasteiger partial charge in [-0.2, -0.15) is 5.10 Å². The lowest BCUT2D eigenvalue weighted by molar-refractivity contribution is 0.329. The molecule has 0 saturated heterocycles. The zero-order chi connectivity index (χ0) is 11.9. The highest BCUT2D eigenvalue weighted by molar-refractivity contribution is 5.14. The fourth-order valence-electron chi connectivity index (χ4n) is 3.40. The molecule has 0 aliphatic heterocycles. The van der Waals surface area contributed by atoms with Crippen molar-refractivity contribution in [2.45, 2.75) is 70.1 Å². The van der Waals surface area contributed by atoms with Crippen LogP contribution in [0.25, 0.3) is 0 Å². The summed E-state index contributed by atoms with van der Waals surface area (Å²) < 4.78 is 0. The lowest BCUT2D eigenvalue weighted by atomic mass is 9.78. The standard InChI is InChI=1S/C14H23N3/c1-10(2)9-14(7-3-4-8-14)13-15-12(16-17-13)11-5-6-11/h10-11H,3-9H2,1-2H3,(H,15,16,17). The van der Waals surface area contributed by atoms with E-state index in [2.05, 4.69) is 24.0 Å². The minimum absolute atomic E-state index is 0.289. The first kappa shape index (κ1) is 11.2. The lowest BCUT2D eigenvalue weighted by Gasteiger charge is -2.27. The van der Waals surface area contributed by atoms with Crippen LogP contribution in [-0.2, 0) is 5.41 Å². The zero-order valence-corrected chi connectivity index (χ0v) is 11.0. The van der Waals surface area contributed by atoms with Crippen LogP contribution in [0.5, 0.6) is 0 Å². The molecule has 2 saturated carbocycles. The largest absolute Gasteiger partial charge is 0.263 e. The van der Waals surface area contributed by atoms with E-state index in [9.17, 15) is 0 Å². The predicted octanol–water partition coefficient (Wildman–Crippen LogP) is 3.54. The fraction of sp³-hybridized carbons (Fsp3) is 0.857. The molecule has 1 aromatic heterocycles. The highest BCUT2D eigenvalue weighted by atomic mass is 15.2. The van der Waals surface area contributed by atoms with Gasteiger partial charge in [0.1, 0.15) is 5.82 Å². The van der Waals surface area contributed by atoms with Crippen LogP contribution in [0, 0.1) is 5.92 Å². The van der Waals surface area contributed by atoms with Gasteiger partial charge in [-0.15, -0.1) is 0 Å². The first-order valence-electron chi connectivity index (χ1n) is 7.12. The monoisotopic (exact) mass is 233 g/mol. The van der Waals surface area contributed by atoms with Gasteiger partial charge in [0.2, 0.25) is 0 Å². The van der Waals surface area contributed by atoms with E-state index in [0.29, 0.717) is 5.92 Å². The fourth-order valence-corrected chi connectivity index (χ4v) is 3.40. The summed E-state index contributed by atoms with van der Waals surface area (Å²) in [6.07, 6.45) is 9.10. The maximum atomic E-state index is 4.81. The third kappa shape index (κ3) is 2.12. The molecule has 1 heterocycles. The number of hydrogen-bond acceptors (Lipinski definition) is 2. The number of aromatic amines is 1. The minimum Gasteiger partial charge on any atom is -0.263 e. The van der Waals surface area contributed by atoms with Crippen molar-refractivity contribution in [2.24, 2.45) is 5.92 Å². The molecule has 1 N–H and O–H groups in total. The van der Waals surface area contributed by atoms with E-state index in [1.165, 1.54) is 44.9 Å². The molecule has 0 spiro atoms. The molecule has 0 aromatic carbocycles. The van der Waals surface area contributed by atoms with Crippen molar-refractivity contribution < 1.29 is 0 Å². The first-order chi connectivity index (χ1) is 8.20. The van der Waals surface area contributed by atoms with E-state index in [1.54, 1.807) is 0 Å². The van der Waals surface area contributed by atoms with E-state index >= 15 is 0 Å². The molecular formula is C14H23N3. The second kappa shape index (κ2) is 4.11. The summed E-state index contributed by atoms with van der Waals surface area (Å²) in [4.78, 5) is 4.81. The quantitative estimate of drug-likeness (QED) is 0.864. The van der Waals surface area contributed by atoms with Crippen LogP contribution >= 0.6 is 0 Å². The van der Waals surface area contributed by atoms with Crippen LogP contribution in [0.2, 0.25) is 0 Å².